The summed E-state index contributed by atoms with van der Waals surface area (Å²) in [6.07, 6.45) is 40.9. The van der Waals surface area contributed by atoms with Crippen molar-refractivity contribution in [2.75, 3.05) is 0 Å². The summed E-state index contributed by atoms with van der Waals surface area (Å²) in [6, 6.07) is 52.7. The van der Waals surface area contributed by atoms with Crippen molar-refractivity contribution in [3.63, 3.8) is 0 Å². The van der Waals surface area contributed by atoms with E-state index in [2.05, 4.69) is 173 Å². The van der Waals surface area contributed by atoms with Crippen LogP contribution in [0.2, 0.25) is 0 Å². The van der Waals surface area contributed by atoms with Crippen LogP contribution in [0.1, 0.15) is 230 Å². The highest BCUT2D eigenvalue weighted by Gasteiger charge is 2.26. The summed E-state index contributed by atoms with van der Waals surface area (Å²) in [6.45, 7) is 9.15. The molecule has 0 spiro atoms. The maximum Gasteiger partial charge on any atom is 0.136 e. The van der Waals surface area contributed by atoms with Crippen molar-refractivity contribution in [1.29, 1.82) is 0 Å². The summed E-state index contributed by atoms with van der Waals surface area (Å²) in [5, 5.41) is 8.21. The number of hydrogen-bond donors (Lipinski definition) is 0. The molecule has 0 N–H and O–H groups in total. The quantitative estimate of drug-likeness (QED) is 0.0218. The molecule has 0 bridgehead atoms. The van der Waals surface area contributed by atoms with Gasteiger partial charge in [0.25, 0.3) is 0 Å². The summed E-state index contributed by atoms with van der Waals surface area (Å²) in [4.78, 5) is 0. The molecule has 9 aromatic carbocycles. The lowest BCUT2D eigenvalue weighted by Gasteiger charge is -2.23. The summed E-state index contributed by atoms with van der Waals surface area (Å²) < 4.78 is 28.7. The van der Waals surface area contributed by atoms with Crippen LogP contribution in [0, 0.1) is 0 Å². The molecule has 0 aliphatic heterocycles. The van der Waals surface area contributed by atoms with Gasteiger partial charge in [0, 0.05) is 32.3 Å². The van der Waals surface area contributed by atoms with Gasteiger partial charge in [0.05, 0.1) is 0 Å². The first kappa shape index (κ1) is 62.0. The molecule has 9 aromatic rings. The predicted octanol–water partition coefficient (Wildman–Crippen LogP) is 26.1. The molecule has 0 unspecified atom stereocenters. The Bertz CT molecular complexity index is 2880. The average molecular weight is 1130 g/mol. The van der Waals surface area contributed by atoms with E-state index < -0.39 is 0 Å². The van der Waals surface area contributed by atoms with Gasteiger partial charge in [0.15, 0.2) is 0 Å². The van der Waals surface area contributed by atoms with Crippen LogP contribution < -0.4 is 18.9 Å². The smallest absolute Gasteiger partial charge is 0.136 e. The summed E-state index contributed by atoms with van der Waals surface area (Å²) in [5.74, 6) is 6.32. The zero-order valence-corrected chi connectivity index (χ0v) is 52.1. The van der Waals surface area contributed by atoms with Crippen LogP contribution in [0.25, 0.3) is 43.1 Å². The molecule has 0 atom stereocenters. The van der Waals surface area contributed by atoms with E-state index in [0.717, 1.165) is 115 Å². The Morgan fingerprint density at radius 3 is 0.583 bits per heavy atom. The van der Waals surface area contributed by atoms with Gasteiger partial charge in [-0.25, -0.2) is 0 Å². The molecule has 0 aromatic heterocycles. The molecule has 0 heterocycles. The molecule has 4 heteroatoms. The standard InChI is InChI=1S/C80H100O4/c1-5-9-13-17-21-25-29-33-61-37-49-67(50-38-61)81-71-57-45-65-46-59-73(83-69-53-41-63(42-54-69)35-31-27-23-19-15-11-7-3)79-75(65)77(71)78-72(82-68-51-39-62(40-52-68)34-30-26-22-18-14-10-6-2)58-47-66-48-60-74(80(79)76(66)78)84-70-55-43-64(44-56-70)36-32-28-24-20-16-12-8-4/h37-60H,5-36H2,1-4H3. The fraction of sp³-hybridized carbons (Fsp3) is 0.450. The van der Waals surface area contributed by atoms with E-state index in [1.165, 1.54) is 202 Å². The van der Waals surface area contributed by atoms with Gasteiger partial charge in [-0.1, -0.05) is 255 Å². The van der Waals surface area contributed by atoms with Gasteiger partial charge in [-0.3, -0.25) is 0 Å². The highest BCUT2D eigenvalue weighted by atomic mass is 16.5. The number of fused-ring (bicyclic) bond motifs is 2. The minimum absolute atomic E-state index is 0.770. The SMILES string of the molecule is CCCCCCCCCc1ccc(Oc2ccc3ccc(Oc4ccc(CCCCCCCCC)cc4)c4c5c(Oc6ccc(CCCCCCCCC)cc6)ccc6ccc(Oc7ccc(CCCCCCCCC)cc7)c(c2c34)c65)cc1. The second-order valence-electron chi connectivity index (χ2n) is 24.4. The van der Waals surface area contributed by atoms with E-state index >= 15 is 0 Å². The number of ether oxygens (including phenoxy) is 4. The third-order valence-electron chi connectivity index (χ3n) is 17.6. The zero-order valence-electron chi connectivity index (χ0n) is 52.1. The predicted molar refractivity (Wildman–Crippen MR) is 361 cm³/mol. The van der Waals surface area contributed by atoms with E-state index in [0.29, 0.717) is 0 Å². The fourth-order valence-electron chi connectivity index (χ4n) is 12.6. The topological polar surface area (TPSA) is 36.9 Å². The molecule has 0 aliphatic rings. The van der Waals surface area contributed by atoms with Gasteiger partial charge < -0.3 is 18.9 Å². The van der Waals surface area contributed by atoms with Crippen molar-refractivity contribution in [3.8, 4) is 46.0 Å². The van der Waals surface area contributed by atoms with Crippen molar-refractivity contribution in [2.45, 2.75) is 233 Å². The van der Waals surface area contributed by atoms with E-state index in [-0.39, 0.29) is 0 Å². The molecular formula is C80H100O4. The Kier molecular flexibility index (Phi) is 25.0. The molecule has 0 radical (unpaired) electrons. The summed E-state index contributed by atoms with van der Waals surface area (Å²) >= 11 is 0. The minimum atomic E-state index is 0.770. The van der Waals surface area contributed by atoms with Gasteiger partial charge >= 0.3 is 0 Å². The summed E-state index contributed by atoms with van der Waals surface area (Å²) in [5.41, 5.74) is 5.40. The van der Waals surface area contributed by atoms with Gasteiger partial charge in [-0.05, 0) is 157 Å². The van der Waals surface area contributed by atoms with Crippen LogP contribution in [0.4, 0.5) is 0 Å². The van der Waals surface area contributed by atoms with Crippen LogP contribution in [-0.4, -0.2) is 0 Å². The van der Waals surface area contributed by atoms with Gasteiger partial charge in [-0.15, -0.1) is 0 Å². The maximum atomic E-state index is 7.18. The Hall–Kier alpha value is -6.52. The van der Waals surface area contributed by atoms with Crippen molar-refractivity contribution >= 4 is 43.1 Å². The van der Waals surface area contributed by atoms with E-state index in [1.54, 1.807) is 0 Å². The van der Waals surface area contributed by atoms with E-state index in [9.17, 15) is 0 Å². The van der Waals surface area contributed by atoms with E-state index in [1.807, 2.05) is 0 Å². The molecule has 9 rings (SSSR count). The average Bonchev–Trinajstić information content (AvgIpc) is 0.921. The number of benzene rings is 9. The third-order valence-corrected chi connectivity index (χ3v) is 17.6. The first-order valence-electron chi connectivity index (χ1n) is 33.8. The van der Waals surface area contributed by atoms with Crippen molar-refractivity contribution in [2.24, 2.45) is 0 Å². The largest absolute Gasteiger partial charge is 0.457 e. The lowest BCUT2D eigenvalue weighted by atomic mass is 9.88. The van der Waals surface area contributed by atoms with Crippen molar-refractivity contribution < 1.29 is 18.9 Å². The Labute approximate surface area is 506 Å². The normalized spacial score (nSPS) is 11.7. The lowest BCUT2D eigenvalue weighted by molar-refractivity contribution is 0.482. The molecule has 4 nitrogen and oxygen atoms in total. The zero-order chi connectivity index (χ0) is 58.0. The molecule has 444 valence electrons. The molecular weight excluding hydrogens is 1020 g/mol. The van der Waals surface area contributed by atoms with Crippen LogP contribution in [0.3, 0.4) is 0 Å². The van der Waals surface area contributed by atoms with E-state index in [4.69, 9.17) is 18.9 Å². The molecule has 0 saturated heterocycles. The highest BCUT2D eigenvalue weighted by Crippen LogP contribution is 2.54. The lowest BCUT2D eigenvalue weighted by Crippen LogP contribution is -1.97. The molecule has 0 aliphatic carbocycles. The Morgan fingerprint density at radius 1 is 0.190 bits per heavy atom. The molecule has 0 amide bonds. The van der Waals surface area contributed by atoms with Gasteiger partial charge in [0.2, 0.25) is 0 Å². The van der Waals surface area contributed by atoms with Crippen LogP contribution >= 0.6 is 0 Å². The monoisotopic (exact) mass is 1120 g/mol. The number of hydrogen-bond acceptors (Lipinski definition) is 4. The molecule has 84 heavy (non-hydrogen) atoms. The number of unbranched alkanes of at least 4 members (excludes halogenated alkanes) is 24. The van der Waals surface area contributed by atoms with Crippen LogP contribution in [0.15, 0.2) is 146 Å². The first-order chi connectivity index (χ1) is 41.5. The maximum absolute atomic E-state index is 7.18. The third kappa shape index (κ3) is 17.8. The minimum Gasteiger partial charge on any atom is -0.457 e. The number of aryl methyl sites for hydroxylation is 4. The van der Waals surface area contributed by atoms with Crippen LogP contribution in [-0.2, 0) is 25.7 Å². The molecule has 0 saturated carbocycles. The van der Waals surface area contributed by atoms with Gasteiger partial charge in [-0.2, -0.15) is 0 Å². The van der Waals surface area contributed by atoms with Crippen molar-refractivity contribution in [1.82, 2.24) is 0 Å². The molecule has 0 fully saturated rings. The second kappa shape index (κ2) is 33.8. The Balaban J connectivity index is 1.11. The number of rotatable bonds is 40. The van der Waals surface area contributed by atoms with Crippen LogP contribution in [0.5, 0.6) is 46.0 Å². The van der Waals surface area contributed by atoms with Gasteiger partial charge in [0.1, 0.15) is 46.0 Å². The summed E-state index contributed by atoms with van der Waals surface area (Å²) in [7, 11) is 0. The second-order valence-corrected chi connectivity index (χ2v) is 24.4. The Morgan fingerprint density at radius 2 is 0.381 bits per heavy atom. The highest BCUT2D eigenvalue weighted by molar-refractivity contribution is 6.37. The fourth-order valence-corrected chi connectivity index (χ4v) is 12.6. The van der Waals surface area contributed by atoms with Crippen molar-refractivity contribution in [3.05, 3.63) is 168 Å². The first-order valence-corrected chi connectivity index (χ1v) is 33.8.